The molecular weight excluding hydrogens is 96.0 g/mol. The smallest absolute Gasteiger partial charge is 0.0698 e. The van der Waals surface area contributed by atoms with Crippen molar-refractivity contribution in [2.45, 2.75) is 6.92 Å². The van der Waals surface area contributed by atoms with Gasteiger partial charge >= 0.3 is 0 Å². The van der Waals surface area contributed by atoms with Crippen LogP contribution in [-0.2, 0) is 9.68 Å². The molecule has 0 aliphatic rings. The number of hydrogen-bond donors (Lipinski definition) is 1. The molecule has 0 aromatic rings. The molecule has 44 valence electrons. The summed E-state index contributed by atoms with van der Waals surface area (Å²) in [6.07, 6.45) is 0. The summed E-state index contributed by atoms with van der Waals surface area (Å²) in [7, 11) is 1.43. The van der Waals surface area contributed by atoms with E-state index in [1.54, 1.807) is 0 Å². The van der Waals surface area contributed by atoms with Gasteiger partial charge in [-0.3, -0.25) is 9.68 Å². The Morgan fingerprint density at radius 1 is 1.71 bits per heavy atom. The third kappa shape index (κ3) is 3.68. The molecule has 2 N–H and O–H groups in total. The molecule has 0 aliphatic heterocycles. The van der Waals surface area contributed by atoms with Gasteiger partial charge < -0.3 is 0 Å². The van der Waals surface area contributed by atoms with Gasteiger partial charge in [0, 0.05) is 5.34 Å². The lowest BCUT2D eigenvalue weighted by Crippen LogP contribution is -2.29. The Morgan fingerprint density at radius 2 is 2.29 bits per heavy atom. The predicted molar refractivity (Wildman–Crippen MR) is 24.7 cm³/mol. The molecule has 4 heteroatoms. The van der Waals surface area contributed by atoms with E-state index in [4.69, 9.17) is 5.84 Å². The lowest BCUT2D eigenvalue weighted by Gasteiger charge is -2.08. The summed E-state index contributed by atoms with van der Waals surface area (Å²) in [5.41, 5.74) is 0. The fourth-order valence-corrected chi connectivity index (χ4v) is 0.180. The van der Waals surface area contributed by atoms with E-state index in [1.807, 2.05) is 6.92 Å². The molecule has 4 nitrogen and oxygen atoms in total. The Morgan fingerprint density at radius 3 is 2.43 bits per heavy atom. The van der Waals surface area contributed by atoms with Crippen molar-refractivity contribution in [1.29, 1.82) is 0 Å². The maximum absolute atomic E-state index is 4.97. The fourth-order valence-electron chi connectivity index (χ4n) is 0.180. The predicted octanol–water partition coefficient (Wildman–Crippen LogP) is -0.325. The molecule has 0 amide bonds. The zero-order valence-corrected chi connectivity index (χ0v) is 4.55. The molecule has 0 unspecified atom stereocenters. The van der Waals surface area contributed by atoms with E-state index in [0.29, 0.717) is 6.61 Å². The van der Waals surface area contributed by atoms with Gasteiger partial charge in [0.25, 0.3) is 0 Å². The molecule has 0 aliphatic carbocycles. The van der Waals surface area contributed by atoms with E-state index in [1.165, 1.54) is 7.11 Å². The molecule has 0 bridgehead atoms. The quantitative estimate of drug-likeness (QED) is 0.395. The minimum absolute atomic E-state index is 0.518. The molecule has 0 aromatic carbocycles. The number of nitrogens with zero attached hydrogens (tertiary/aromatic N) is 1. The Bertz CT molecular complexity index is 41.9. The van der Waals surface area contributed by atoms with Crippen LogP contribution >= 0.6 is 0 Å². The topological polar surface area (TPSA) is 47.7 Å². The highest BCUT2D eigenvalue weighted by molar-refractivity contribution is 3.96. The van der Waals surface area contributed by atoms with Crippen LogP contribution in [0.2, 0.25) is 0 Å². The summed E-state index contributed by atoms with van der Waals surface area (Å²) in [6, 6.07) is 0. The highest BCUT2D eigenvalue weighted by atomic mass is 17.0. The van der Waals surface area contributed by atoms with E-state index in [0.717, 1.165) is 5.34 Å². The van der Waals surface area contributed by atoms with Gasteiger partial charge in [0.2, 0.25) is 0 Å². The highest BCUT2D eigenvalue weighted by Crippen LogP contribution is 1.75. The van der Waals surface area contributed by atoms with Gasteiger partial charge in [-0.15, -0.1) is 0 Å². The number of rotatable bonds is 3. The summed E-state index contributed by atoms with van der Waals surface area (Å²) in [5, 5.41) is 0.806. The third-order valence-corrected chi connectivity index (χ3v) is 0.436. The summed E-state index contributed by atoms with van der Waals surface area (Å²) >= 11 is 0. The largest absolute Gasteiger partial charge is 0.264 e. The van der Waals surface area contributed by atoms with Crippen LogP contribution < -0.4 is 5.84 Å². The van der Waals surface area contributed by atoms with E-state index in [9.17, 15) is 0 Å². The van der Waals surface area contributed by atoms with Gasteiger partial charge in [0.15, 0.2) is 0 Å². The maximum atomic E-state index is 4.97. The van der Waals surface area contributed by atoms with E-state index in [2.05, 4.69) is 9.68 Å². The number of hydrazine groups is 1. The molecule has 0 fully saturated rings. The van der Waals surface area contributed by atoms with Gasteiger partial charge in [0.1, 0.15) is 0 Å². The Balaban J connectivity index is 2.83. The standard InChI is InChI=1S/C3H10N2O2/c1-3-7-5(4)6-2/h3-4H2,1-2H3. The van der Waals surface area contributed by atoms with Crippen molar-refractivity contribution in [3.63, 3.8) is 0 Å². The molecule has 0 spiro atoms. The minimum atomic E-state index is 0.518. The average molecular weight is 106 g/mol. The zero-order chi connectivity index (χ0) is 5.70. The molecule has 0 rings (SSSR count). The van der Waals surface area contributed by atoms with Gasteiger partial charge in [0.05, 0.1) is 13.7 Å². The minimum Gasteiger partial charge on any atom is -0.264 e. The second kappa shape index (κ2) is 4.01. The van der Waals surface area contributed by atoms with Crippen molar-refractivity contribution < 1.29 is 9.68 Å². The van der Waals surface area contributed by atoms with Gasteiger partial charge in [-0.05, 0) is 6.92 Å². The van der Waals surface area contributed by atoms with Gasteiger partial charge in [-0.25, -0.2) is 5.84 Å². The summed E-state index contributed by atoms with van der Waals surface area (Å²) in [5.74, 6) is 4.97. The summed E-state index contributed by atoms with van der Waals surface area (Å²) in [4.78, 5) is 8.96. The first-order valence-electron chi connectivity index (χ1n) is 2.03. The van der Waals surface area contributed by atoms with Crippen molar-refractivity contribution >= 4 is 0 Å². The van der Waals surface area contributed by atoms with Crippen LogP contribution in [0.1, 0.15) is 6.92 Å². The third-order valence-electron chi connectivity index (χ3n) is 0.436. The van der Waals surface area contributed by atoms with E-state index >= 15 is 0 Å². The zero-order valence-electron chi connectivity index (χ0n) is 4.55. The molecular formula is C3H10N2O2. The van der Waals surface area contributed by atoms with Crippen LogP contribution in [0.25, 0.3) is 0 Å². The van der Waals surface area contributed by atoms with Crippen LogP contribution in [-0.4, -0.2) is 19.1 Å². The molecule has 0 heterocycles. The highest BCUT2D eigenvalue weighted by Gasteiger charge is 1.87. The molecule has 0 atom stereocenters. The second-order valence-corrected chi connectivity index (χ2v) is 0.886. The summed E-state index contributed by atoms with van der Waals surface area (Å²) in [6.45, 7) is 2.34. The average Bonchev–Trinajstić information content (AvgIpc) is 1.68. The Kier molecular flexibility index (Phi) is 3.92. The molecule has 0 radical (unpaired) electrons. The molecule has 0 saturated heterocycles. The first-order valence-corrected chi connectivity index (χ1v) is 2.03. The van der Waals surface area contributed by atoms with E-state index in [-0.39, 0.29) is 0 Å². The van der Waals surface area contributed by atoms with Crippen molar-refractivity contribution in [2.24, 2.45) is 5.84 Å². The van der Waals surface area contributed by atoms with E-state index < -0.39 is 0 Å². The number of hydrogen-bond acceptors (Lipinski definition) is 4. The lowest BCUT2D eigenvalue weighted by molar-refractivity contribution is -0.357. The van der Waals surface area contributed by atoms with Crippen LogP contribution in [0.5, 0.6) is 0 Å². The van der Waals surface area contributed by atoms with Crippen molar-refractivity contribution in [1.82, 2.24) is 5.34 Å². The summed E-state index contributed by atoms with van der Waals surface area (Å²) < 4.78 is 0. The fraction of sp³-hybridized carbons (Fsp3) is 1.00. The maximum Gasteiger partial charge on any atom is 0.0698 e. The lowest BCUT2D eigenvalue weighted by atomic mass is 10.9. The normalized spacial score (nSPS) is 10.3. The Hall–Kier alpha value is -0.160. The van der Waals surface area contributed by atoms with Crippen LogP contribution in [0, 0.1) is 0 Å². The molecule has 0 saturated carbocycles. The van der Waals surface area contributed by atoms with Crippen LogP contribution in [0.4, 0.5) is 0 Å². The van der Waals surface area contributed by atoms with Crippen molar-refractivity contribution in [2.75, 3.05) is 13.7 Å². The van der Waals surface area contributed by atoms with Crippen LogP contribution in [0.15, 0.2) is 0 Å². The monoisotopic (exact) mass is 106 g/mol. The second-order valence-electron chi connectivity index (χ2n) is 0.886. The Labute approximate surface area is 42.7 Å². The number of nitrogens with two attached hydrogens (primary N) is 1. The first-order chi connectivity index (χ1) is 3.31. The van der Waals surface area contributed by atoms with Crippen molar-refractivity contribution in [3.05, 3.63) is 0 Å². The van der Waals surface area contributed by atoms with Crippen LogP contribution in [0.3, 0.4) is 0 Å². The van der Waals surface area contributed by atoms with Crippen molar-refractivity contribution in [3.8, 4) is 0 Å². The molecule has 7 heavy (non-hydrogen) atoms. The van der Waals surface area contributed by atoms with Gasteiger partial charge in [-0.2, -0.15) is 0 Å². The first kappa shape index (κ1) is 6.84. The van der Waals surface area contributed by atoms with Gasteiger partial charge in [-0.1, -0.05) is 0 Å². The molecule has 0 aromatic heterocycles. The SMILES string of the molecule is CCON(N)OC.